The minimum absolute atomic E-state index is 0.0943. The van der Waals surface area contributed by atoms with E-state index in [-0.39, 0.29) is 11.6 Å². The van der Waals surface area contributed by atoms with Crippen LogP contribution in [0.25, 0.3) is 0 Å². The molecule has 0 bridgehead atoms. The fraction of sp³-hybridized carbons (Fsp3) is 0.333. The molecule has 0 amide bonds. The number of alkyl halides is 3. The second-order valence-corrected chi connectivity index (χ2v) is 4.51. The lowest BCUT2D eigenvalue weighted by Crippen LogP contribution is -2.19. The Morgan fingerprint density at radius 2 is 2.00 bits per heavy atom. The Labute approximate surface area is 112 Å². The number of aromatic nitrogens is 4. The summed E-state index contributed by atoms with van der Waals surface area (Å²) in [6.45, 7) is 2.32. The Balaban J connectivity index is 1.95. The zero-order valence-corrected chi connectivity index (χ0v) is 10.5. The molecule has 0 aromatic carbocycles. The van der Waals surface area contributed by atoms with Crippen LogP contribution in [0.5, 0.6) is 0 Å². The molecule has 3 rings (SSSR count). The van der Waals surface area contributed by atoms with E-state index in [0.29, 0.717) is 13.1 Å². The van der Waals surface area contributed by atoms with Crippen molar-refractivity contribution in [2.75, 3.05) is 4.90 Å². The molecule has 0 aliphatic carbocycles. The summed E-state index contributed by atoms with van der Waals surface area (Å²) in [5, 5.41) is 0. The Hall–Kier alpha value is -2.25. The van der Waals surface area contributed by atoms with Crippen LogP contribution in [-0.4, -0.2) is 19.9 Å². The molecule has 0 saturated carbocycles. The molecule has 0 saturated heterocycles. The normalized spacial score (nSPS) is 14.5. The molecule has 0 unspecified atom stereocenters. The first-order valence-corrected chi connectivity index (χ1v) is 5.89. The summed E-state index contributed by atoms with van der Waals surface area (Å²) in [6, 6.07) is 0.965. The Bertz CT molecular complexity index is 631. The SMILES string of the molecule is Cc1nc(N2Cc3cncnc3C2)cc(C(F)(F)F)n1. The molecule has 8 heteroatoms. The number of hydrogen-bond acceptors (Lipinski definition) is 5. The predicted molar refractivity (Wildman–Crippen MR) is 63.7 cm³/mol. The molecule has 0 N–H and O–H groups in total. The Morgan fingerprint density at radius 1 is 1.20 bits per heavy atom. The number of anilines is 1. The number of aryl methyl sites for hydroxylation is 1. The van der Waals surface area contributed by atoms with Crippen LogP contribution in [0, 0.1) is 6.92 Å². The van der Waals surface area contributed by atoms with Gasteiger partial charge in [0.25, 0.3) is 0 Å². The van der Waals surface area contributed by atoms with Crippen molar-refractivity contribution in [3.63, 3.8) is 0 Å². The van der Waals surface area contributed by atoms with E-state index in [0.717, 1.165) is 17.3 Å². The Morgan fingerprint density at radius 3 is 2.70 bits per heavy atom. The smallest absolute Gasteiger partial charge is 0.346 e. The molecule has 104 valence electrons. The van der Waals surface area contributed by atoms with Gasteiger partial charge >= 0.3 is 6.18 Å². The lowest BCUT2D eigenvalue weighted by molar-refractivity contribution is -0.141. The molecular formula is C12H10F3N5. The molecular weight excluding hydrogens is 271 g/mol. The maximum atomic E-state index is 12.8. The van der Waals surface area contributed by atoms with Crippen LogP contribution in [0.3, 0.4) is 0 Å². The zero-order valence-electron chi connectivity index (χ0n) is 10.5. The quantitative estimate of drug-likeness (QED) is 0.801. The van der Waals surface area contributed by atoms with Gasteiger partial charge in [-0.05, 0) is 6.92 Å². The molecule has 0 spiro atoms. The summed E-state index contributed by atoms with van der Waals surface area (Å²) in [5.74, 6) is 0.347. The lowest BCUT2D eigenvalue weighted by Gasteiger charge is -2.18. The standard InChI is InChI=1S/C12H10F3N5/c1-7-18-10(12(13,14)15)2-11(19-7)20-4-8-3-16-6-17-9(8)5-20/h2-3,6H,4-5H2,1H3. The van der Waals surface area contributed by atoms with Crippen molar-refractivity contribution in [3.8, 4) is 0 Å². The van der Waals surface area contributed by atoms with Gasteiger partial charge in [-0.1, -0.05) is 0 Å². The van der Waals surface area contributed by atoms with Crippen LogP contribution >= 0.6 is 0 Å². The summed E-state index contributed by atoms with van der Waals surface area (Å²) in [4.78, 5) is 17.3. The van der Waals surface area contributed by atoms with Gasteiger partial charge < -0.3 is 4.90 Å². The van der Waals surface area contributed by atoms with Crippen molar-refractivity contribution in [3.05, 3.63) is 41.4 Å². The third kappa shape index (κ3) is 2.28. The minimum atomic E-state index is -4.48. The van der Waals surface area contributed by atoms with Crippen molar-refractivity contribution < 1.29 is 13.2 Å². The van der Waals surface area contributed by atoms with Crippen LogP contribution in [0.1, 0.15) is 22.8 Å². The van der Waals surface area contributed by atoms with Gasteiger partial charge in [0.05, 0.1) is 12.2 Å². The second-order valence-electron chi connectivity index (χ2n) is 4.51. The number of nitrogens with zero attached hydrogens (tertiary/aromatic N) is 5. The average molecular weight is 281 g/mol. The van der Waals surface area contributed by atoms with Gasteiger partial charge in [0.1, 0.15) is 23.7 Å². The van der Waals surface area contributed by atoms with Crippen molar-refractivity contribution in [1.29, 1.82) is 0 Å². The maximum Gasteiger partial charge on any atom is 0.433 e. The molecule has 0 fully saturated rings. The van der Waals surface area contributed by atoms with Gasteiger partial charge in [-0.3, -0.25) is 0 Å². The minimum Gasteiger partial charge on any atom is -0.346 e. The van der Waals surface area contributed by atoms with E-state index in [1.54, 1.807) is 11.1 Å². The number of rotatable bonds is 1. The Kier molecular flexibility index (Phi) is 2.81. The van der Waals surface area contributed by atoms with Crippen molar-refractivity contribution >= 4 is 5.82 Å². The maximum absolute atomic E-state index is 12.8. The molecule has 3 heterocycles. The monoisotopic (exact) mass is 281 g/mol. The molecule has 20 heavy (non-hydrogen) atoms. The van der Waals surface area contributed by atoms with Gasteiger partial charge in [-0.2, -0.15) is 13.2 Å². The third-order valence-corrected chi connectivity index (χ3v) is 3.02. The highest BCUT2D eigenvalue weighted by atomic mass is 19.4. The third-order valence-electron chi connectivity index (χ3n) is 3.02. The average Bonchev–Trinajstić information content (AvgIpc) is 2.80. The topological polar surface area (TPSA) is 54.8 Å². The second kappa shape index (κ2) is 4.39. The van der Waals surface area contributed by atoms with Crippen LogP contribution in [0.15, 0.2) is 18.6 Å². The highest BCUT2D eigenvalue weighted by Crippen LogP contribution is 2.31. The van der Waals surface area contributed by atoms with Gasteiger partial charge in [-0.25, -0.2) is 19.9 Å². The van der Waals surface area contributed by atoms with E-state index < -0.39 is 11.9 Å². The molecule has 5 nitrogen and oxygen atoms in total. The number of hydrogen-bond donors (Lipinski definition) is 0. The zero-order chi connectivity index (χ0) is 14.3. The molecule has 2 aromatic rings. The lowest BCUT2D eigenvalue weighted by atomic mass is 10.3. The summed E-state index contributed by atoms with van der Waals surface area (Å²) in [5.41, 5.74) is 0.782. The summed E-state index contributed by atoms with van der Waals surface area (Å²) in [6.07, 6.45) is -1.38. The van der Waals surface area contributed by atoms with E-state index in [4.69, 9.17) is 0 Å². The molecule has 0 atom stereocenters. The first kappa shape index (κ1) is 12.8. The van der Waals surface area contributed by atoms with Crippen molar-refractivity contribution in [2.24, 2.45) is 0 Å². The summed E-state index contributed by atoms with van der Waals surface area (Å²) >= 11 is 0. The molecule has 2 aromatic heterocycles. The highest BCUT2D eigenvalue weighted by molar-refractivity contribution is 5.45. The number of fused-ring (bicyclic) bond motifs is 1. The predicted octanol–water partition coefficient (Wildman–Crippen LogP) is 2.11. The van der Waals surface area contributed by atoms with Crippen LogP contribution in [0.2, 0.25) is 0 Å². The van der Waals surface area contributed by atoms with Crippen LogP contribution in [0.4, 0.5) is 19.0 Å². The summed E-state index contributed by atoms with van der Waals surface area (Å²) < 4.78 is 38.3. The van der Waals surface area contributed by atoms with Crippen molar-refractivity contribution in [1.82, 2.24) is 19.9 Å². The van der Waals surface area contributed by atoms with E-state index in [1.165, 1.54) is 13.3 Å². The molecule has 0 radical (unpaired) electrons. The fourth-order valence-electron chi connectivity index (χ4n) is 2.12. The summed E-state index contributed by atoms with van der Waals surface area (Å²) in [7, 11) is 0. The van der Waals surface area contributed by atoms with Gasteiger partial charge in [0.15, 0.2) is 0 Å². The van der Waals surface area contributed by atoms with Crippen LogP contribution in [-0.2, 0) is 19.3 Å². The largest absolute Gasteiger partial charge is 0.433 e. The van der Waals surface area contributed by atoms with E-state index in [1.807, 2.05) is 0 Å². The first-order valence-electron chi connectivity index (χ1n) is 5.89. The van der Waals surface area contributed by atoms with Crippen molar-refractivity contribution in [2.45, 2.75) is 26.2 Å². The van der Waals surface area contributed by atoms with E-state index in [2.05, 4.69) is 19.9 Å². The van der Waals surface area contributed by atoms with E-state index in [9.17, 15) is 13.2 Å². The van der Waals surface area contributed by atoms with Gasteiger partial charge in [0, 0.05) is 24.4 Å². The van der Waals surface area contributed by atoms with Gasteiger partial charge in [0.2, 0.25) is 0 Å². The van der Waals surface area contributed by atoms with Gasteiger partial charge in [-0.15, -0.1) is 0 Å². The molecule has 1 aliphatic rings. The first-order chi connectivity index (χ1) is 9.43. The van der Waals surface area contributed by atoms with E-state index >= 15 is 0 Å². The fourth-order valence-corrected chi connectivity index (χ4v) is 2.12. The van der Waals surface area contributed by atoms with Crippen LogP contribution < -0.4 is 4.90 Å². The molecule has 1 aliphatic heterocycles. The number of halogens is 3. The highest BCUT2D eigenvalue weighted by Gasteiger charge is 2.34.